The van der Waals surface area contributed by atoms with Gasteiger partial charge in [-0.3, -0.25) is 4.99 Å². The Hall–Kier alpha value is -0.770. The fourth-order valence-corrected chi connectivity index (χ4v) is 2.86. The van der Waals surface area contributed by atoms with Crippen LogP contribution in [0.4, 0.5) is 0 Å². The fourth-order valence-electron chi connectivity index (χ4n) is 2.86. The van der Waals surface area contributed by atoms with Gasteiger partial charge in [0, 0.05) is 26.7 Å². The van der Waals surface area contributed by atoms with Crippen LogP contribution in [0, 0.1) is 5.41 Å². The second kappa shape index (κ2) is 4.48. The van der Waals surface area contributed by atoms with Crippen molar-refractivity contribution in [1.29, 1.82) is 0 Å². The Morgan fingerprint density at radius 3 is 2.71 bits per heavy atom. The summed E-state index contributed by atoms with van der Waals surface area (Å²) in [6, 6.07) is 0. The SMILES string of the molecule is CN1CCCN=C1NCC1(O)CCCC1(C)C. The zero-order valence-corrected chi connectivity index (χ0v) is 11.3. The molecule has 0 bridgehead atoms. The third kappa shape index (κ3) is 2.41. The number of guanidine groups is 1. The molecule has 2 rings (SSSR count). The van der Waals surface area contributed by atoms with Gasteiger partial charge < -0.3 is 15.3 Å². The maximum absolute atomic E-state index is 10.7. The van der Waals surface area contributed by atoms with E-state index in [1.165, 1.54) is 0 Å². The molecular formula is C13H25N3O. The topological polar surface area (TPSA) is 47.9 Å². The number of hydrogen-bond acceptors (Lipinski definition) is 4. The number of rotatable bonds is 2. The van der Waals surface area contributed by atoms with Crippen LogP contribution in [0.15, 0.2) is 4.99 Å². The zero-order valence-electron chi connectivity index (χ0n) is 11.3. The first-order valence-electron chi connectivity index (χ1n) is 6.66. The summed E-state index contributed by atoms with van der Waals surface area (Å²) in [6.07, 6.45) is 4.24. The third-order valence-electron chi connectivity index (χ3n) is 4.47. The first-order chi connectivity index (χ1) is 7.95. The van der Waals surface area contributed by atoms with Crippen LogP contribution in [0.5, 0.6) is 0 Å². The molecule has 1 fully saturated rings. The normalized spacial score (nSPS) is 32.5. The minimum Gasteiger partial charge on any atom is -0.387 e. The highest BCUT2D eigenvalue weighted by atomic mass is 16.3. The predicted molar refractivity (Wildman–Crippen MR) is 70.1 cm³/mol. The molecule has 1 aliphatic heterocycles. The first kappa shape index (κ1) is 12.7. The van der Waals surface area contributed by atoms with Gasteiger partial charge in [0.05, 0.1) is 5.60 Å². The molecule has 1 atom stereocenters. The van der Waals surface area contributed by atoms with E-state index in [2.05, 4.69) is 36.1 Å². The van der Waals surface area contributed by atoms with Crippen molar-refractivity contribution < 1.29 is 5.11 Å². The Labute approximate surface area is 104 Å². The van der Waals surface area contributed by atoms with Crippen molar-refractivity contribution >= 4 is 5.96 Å². The average molecular weight is 239 g/mol. The largest absolute Gasteiger partial charge is 0.387 e. The molecular weight excluding hydrogens is 214 g/mol. The van der Waals surface area contributed by atoms with Gasteiger partial charge in [-0.05, 0) is 31.1 Å². The van der Waals surface area contributed by atoms with Crippen molar-refractivity contribution in [2.75, 3.05) is 26.7 Å². The Bertz CT molecular complexity index is 314. The summed E-state index contributed by atoms with van der Waals surface area (Å²) in [5.41, 5.74) is -0.582. The smallest absolute Gasteiger partial charge is 0.193 e. The maximum Gasteiger partial charge on any atom is 0.193 e. The van der Waals surface area contributed by atoms with Gasteiger partial charge in [0.15, 0.2) is 5.96 Å². The molecule has 0 aromatic heterocycles. The van der Waals surface area contributed by atoms with E-state index in [0.29, 0.717) is 6.54 Å². The van der Waals surface area contributed by atoms with Crippen LogP contribution >= 0.6 is 0 Å². The van der Waals surface area contributed by atoms with Crippen LogP contribution in [0.3, 0.4) is 0 Å². The second-order valence-electron chi connectivity index (χ2n) is 6.10. The van der Waals surface area contributed by atoms with E-state index < -0.39 is 5.60 Å². The number of aliphatic imine (C=N–C) groups is 1. The second-order valence-corrected chi connectivity index (χ2v) is 6.10. The van der Waals surface area contributed by atoms with Crippen LogP contribution < -0.4 is 5.32 Å². The molecule has 17 heavy (non-hydrogen) atoms. The number of aliphatic hydroxyl groups is 1. The Morgan fingerprint density at radius 1 is 1.35 bits per heavy atom. The number of nitrogens with one attached hydrogen (secondary N) is 1. The molecule has 0 aromatic carbocycles. The molecule has 1 aliphatic carbocycles. The Morgan fingerprint density at radius 2 is 2.12 bits per heavy atom. The average Bonchev–Trinajstić information content (AvgIpc) is 2.53. The molecule has 4 nitrogen and oxygen atoms in total. The van der Waals surface area contributed by atoms with Gasteiger partial charge in [0.25, 0.3) is 0 Å². The van der Waals surface area contributed by atoms with E-state index in [9.17, 15) is 5.11 Å². The summed E-state index contributed by atoms with van der Waals surface area (Å²) in [4.78, 5) is 6.60. The van der Waals surface area contributed by atoms with E-state index >= 15 is 0 Å². The van der Waals surface area contributed by atoms with Crippen LogP contribution in [-0.2, 0) is 0 Å². The van der Waals surface area contributed by atoms with E-state index in [-0.39, 0.29) is 5.41 Å². The van der Waals surface area contributed by atoms with Crippen molar-refractivity contribution in [3.63, 3.8) is 0 Å². The summed E-state index contributed by atoms with van der Waals surface area (Å²) in [5, 5.41) is 14.0. The first-order valence-corrected chi connectivity index (χ1v) is 6.66. The van der Waals surface area contributed by atoms with Crippen molar-refractivity contribution in [3.8, 4) is 0 Å². The molecule has 0 amide bonds. The molecule has 1 unspecified atom stereocenters. The standard InChI is InChI=1S/C13H25N3O/c1-12(2)6-4-7-13(12,17)10-15-11-14-8-5-9-16(11)3/h17H,4-10H2,1-3H3,(H,14,15). The molecule has 2 aliphatic rings. The van der Waals surface area contributed by atoms with Gasteiger partial charge in [-0.2, -0.15) is 0 Å². The van der Waals surface area contributed by atoms with Gasteiger partial charge in [0.1, 0.15) is 0 Å². The summed E-state index contributed by atoms with van der Waals surface area (Å²) in [5.74, 6) is 0.937. The lowest BCUT2D eigenvalue weighted by molar-refractivity contribution is -0.0379. The summed E-state index contributed by atoms with van der Waals surface area (Å²) >= 11 is 0. The molecule has 4 heteroatoms. The van der Waals surface area contributed by atoms with Gasteiger partial charge in [-0.25, -0.2) is 0 Å². The highest BCUT2D eigenvalue weighted by Crippen LogP contribution is 2.45. The van der Waals surface area contributed by atoms with Crippen LogP contribution in [0.2, 0.25) is 0 Å². The van der Waals surface area contributed by atoms with Gasteiger partial charge >= 0.3 is 0 Å². The third-order valence-corrected chi connectivity index (χ3v) is 4.47. The van der Waals surface area contributed by atoms with Crippen LogP contribution in [0.1, 0.15) is 39.5 Å². The summed E-state index contributed by atoms with van der Waals surface area (Å²) < 4.78 is 0. The minimum absolute atomic E-state index is 0.00774. The van der Waals surface area contributed by atoms with Crippen molar-refractivity contribution in [2.24, 2.45) is 10.4 Å². The quantitative estimate of drug-likeness (QED) is 0.761. The minimum atomic E-state index is -0.589. The Balaban J connectivity index is 1.96. The van der Waals surface area contributed by atoms with E-state index in [0.717, 1.165) is 44.7 Å². The van der Waals surface area contributed by atoms with Crippen molar-refractivity contribution in [1.82, 2.24) is 10.2 Å². The van der Waals surface area contributed by atoms with E-state index in [4.69, 9.17) is 0 Å². The molecule has 1 heterocycles. The molecule has 0 spiro atoms. The summed E-state index contributed by atoms with van der Waals surface area (Å²) in [6.45, 7) is 6.88. The van der Waals surface area contributed by atoms with E-state index in [1.807, 2.05) is 0 Å². The van der Waals surface area contributed by atoms with E-state index in [1.54, 1.807) is 0 Å². The lowest BCUT2D eigenvalue weighted by atomic mass is 9.78. The number of nitrogens with zero attached hydrogens (tertiary/aromatic N) is 2. The zero-order chi connectivity index (χ0) is 12.5. The van der Waals surface area contributed by atoms with Crippen molar-refractivity contribution in [2.45, 2.75) is 45.1 Å². The Kier molecular flexibility index (Phi) is 3.34. The highest BCUT2D eigenvalue weighted by Gasteiger charge is 2.47. The maximum atomic E-state index is 10.7. The van der Waals surface area contributed by atoms with Gasteiger partial charge in [-0.15, -0.1) is 0 Å². The molecule has 1 saturated carbocycles. The predicted octanol–water partition coefficient (Wildman–Crippen LogP) is 1.21. The number of hydrogen-bond donors (Lipinski definition) is 2. The van der Waals surface area contributed by atoms with Gasteiger partial charge in [0.2, 0.25) is 0 Å². The van der Waals surface area contributed by atoms with Crippen LogP contribution in [0.25, 0.3) is 0 Å². The molecule has 0 saturated heterocycles. The van der Waals surface area contributed by atoms with Crippen molar-refractivity contribution in [3.05, 3.63) is 0 Å². The van der Waals surface area contributed by atoms with Crippen LogP contribution in [-0.4, -0.2) is 48.2 Å². The molecule has 98 valence electrons. The summed E-state index contributed by atoms with van der Waals surface area (Å²) in [7, 11) is 2.05. The highest BCUT2D eigenvalue weighted by molar-refractivity contribution is 5.80. The molecule has 2 N–H and O–H groups in total. The lowest BCUT2D eigenvalue weighted by Gasteiger charge is -2.38. The molecule has 0 aromatic rings. The fraction of sp³-hybridized carbons (Fsp3) is 0.923. The molecule has 0 radical (unpaired) electrons. The lowest BCUT2D eigenvalue weighted by Crippen LogP contribution is -2.53. The monoisotopic (exact) mass is 239 g/mol. The van der Waals surface area contributed by atoms with Gasteiger partial charge in [-0.1, -0.05) is 13.8 Å².